The van der Waals surface area contributed by atoms with Crippen molar-refractivity contribution in [2.75, 3.05) is 26.2 Å². The average molecular weight is 411 g/mol. The van der Waals surface area contributed by atoms with Gasteiger partial charge in [-0.05, 0) is 26.0 Å². The van der Waals surface area contributed by atoms with Crippen molar-refractivity contribution in [1.82, 2.24) is 19.9 Å². The highest BCUT2D eigenvalue weighted by molar-refractivity contribution is 6.33. The molecule has 1 saturated heterocycles. The van der Waals surface area contributed by atoms with E-state index in [0.717, 1.165) is 18.7 Å². The van der Waals surface area contributed by atoms with E-state index < -0.39 is 0 Å². The van der Waals surface area contributed by atoms with Gasteiger partial charge in [0.1, 0.15) is 0 Å². The molecule has 0 saturated carbocycles. The fraction of sp³-hybridized carbons (Fsp3) is 0.318. The average Bonchev–Trinajstić information content (AvgIpc) is 3.24. The van der Waals surface area contributed by atoms with Crippen LogP contribution in [0.2, 0.25) is 5.02 Å². The quantitative estimate of drug-likeness (QED) is 0.644. The van der Waals surface area contributed by atoms with E-state index in [4.69, 9.17) is 16.1 Å². The van der Waals surface area contributed by atoms with E-state index in [1.807, 2.05) is 48.2 Å². The Morgan fingerprint density at radius 3 is 2.45 bits per heavy atom. The fourth-order valence-electron chi connectivity index (χ4n) is 3.50. The highest BCUT2D eigenvalue weighted by atomic mass is 35.5. The number of hydrogen-bond donors (Lipinski definition) is 0. The Morgan fingerprint density at radius 2 is 1.76 bits per heavy atom. The maximum absolute atomic E-state index is 12.7. The summed E-state index contributed by atoms with van der Waals surface area (Å²) >= 11 is 6.17. The van der Waals surface area contributed by atoms with Crippen LogP contribution >= 0.6 is 11.6 Å². The molecule has 1 aliphatic rings. The molecule has 0 N–H and O–H groups in total. The van der Waals surface area contributed by atoms with Gasteiger partial charge in [0, 0.05) is 31.7 Å². The van der Waals surface area contributed by atoms with E-state index in [1.54, 1.807) is 12.1 Å². The zero-order chi connectivity index (χ0) is 20.4. The Hall–Kier alpha value is -2.70. The molecule has 0 spiro atoms. The number of rotatable bonds is 4. The van der Waals surface area contributed by atoms with Crippen LogP contribution in [0.4, 0.5) is 0 Å². The standard InChI is InChI=1S/C22H23ClN4O2/c1-15-7-9-17(10-8-15)20-24-21(29-25-20)16(2)26-11-13-27(14-12-26)22(28)18-5-3-4-6-19(18)23/h3-10,16H,11-14H2,1-2H3/t16-/m0/s1. The van der Waals surface area contributed by atoms with Gasteiger partial charge in [-0.15, -0.1) is 0 Å². The van der Waals surface area contributed by atoms with Crippen molar-refractivity contribution in [2.24, 2.45) is 0 Å². The van der Waals surface area contributed by atoms with Gasteiger partial charge in [-0.1, -0.05) is 58.7 Å². The highest BCUT2D eigenvalue weighted by Gasteiger charge is 2.28. The molecule has 1 aliphatic heterocycles. The summed E-state index contributed by atoms with van der Waals surface area (Å²) < 4.78 is 5.52. The van der Waals surface area contributed by atoms with E-state index in [2.05, 4.69) is 22.0 Å². The third-order valence-corrected chi connectivity index (χ3v) is 5.69. The molecule has 1 amide bonds. The van der Waals surface area contributed by atoms with Gasteiger partial charge in [-0.25, -0.2) is 0 Å². The lowest BCUT2D eigenvalue weighted by atomic mass is 10.1. The lowest BCUT2D eigenvalue weighted by Gasteiger charge is -2.36. The van der Waals surface area contributed by atoms with E-state index in [1.165, 1.54) is 5.56 Å². The molecule has 0 radical (unpaired) electrons. The predicted molar refractivity (Wildman–Crippen MR) is 112 cm³/mol. The second kappa shape index (κ2) is 8.35. The van der Waals surface area contributed by atoms with Crippen molar-refractivity contribution in [3.63, 3.8) is 0 Å². The summed E-state index contributed by atoms with van der Waals surface area (Å²) in [5.74, 6) is 1.16. The molecule has 1 aromatic heterocycles. The molecule has 1 fully saturated rings. The predicted octanol–water partition coefficient (Wildman–Crippen LogP) is 4.22. The fourth-order valence-corrected chi connectivity index (χ4v) is 3.71. The van der Waals surface area contributed by atoms with Crippen LogP contribution in [0.3, 0.4) is 0 Å². The van der Waals surface area contributed by atoms with Gasteiger partial charge in [-0.3, -0.25) is 9.69 Å². The van der Waals surface area contributed by atoms with Gasteiger partial charge in [0.2, 0.25) is 11.7 Å². The number of amides is 1. The van der Waals surface area contributed by atoms with Crippen LogP contribution in [0.1, 0.15) is 34.8 Å². The zero-order valence-electron chi connectivity index (χ0n) is 16.5. The summed E-state index contributed by atoms with van der Waals surface area (Å²) in [4.78, 5) is 21.4. The van der Waals surface area contributed by atoms with E-state index in [-0.39, 0.29) is 11.9 Å². The molecule has 0 bridgehead atoms. The third kappa shape index (κ3) is 4.18. The van der Waals surface area contributed by atoms with Gasteiger partial charge >= 0.3 is 0 Å². The lowest BCUT2D eigenvalue weighted by molar-refractivity contribution is 0.0552. The van der Waals surface area contributed by atoms with E-state index in [9.17, 15) is 4.79 Å². The Bertz CT molecular complexity index is 994. The maximum Gasteiger partial charge on any atom is 0.255 e. The zero-order valence-corrected chi connectivity index (χ0v) is 17.3. The molecule has 1 atom stereocenters. The lowest BCUT2D eigenvalue weighted by Crippen LogP contribution is -2.49. The molecule has 0 aliphatic carbocycles. The maximum atomic E-state index is 12.7. The van der Waals surface area contributed by atoms with E-state index >= 15 is 0 Å². The number of halogens is 1. The number of aryl methyl sites for hydroxylation is 1. The van der Waals surface area contributed by atoms with Gasteiger partial charge in [-0.2, -0.15) is 4.98 Å². The minimum absolute atomic E-state index is 0.0146. The highest BCUT2D eigenvalue weighted by Crippen LogP contribution is 2.25. The normalized spacial score (nSPS) is 16.0. The molecule has 150 valence electrons. The summed E-state index contributed by atoms with van der Waals surface area (Å²) in [5, 5.41) is 4.62. The molecular formula is C22H23ClN4O2. The first-order chi connectivity index (χ1) is 14.0. The molecule has 6 nitrogen and oxygen atoms in total. The molecule has 0 unspecified atom stereocenters. The van der Waals surface area contributed by atoms with Crippen LogP contribution < -0.4 is 0 Å². The number of carbonyl (C=O) groups is 1. The van der Waals surface area contributed by atoms with Crippen LogP contribution in [0.15, 0.2) is 53.1 Å². The molecule has 3 aromatic rings. The third-order valence-electron chi connectivity index (χ3n) is 5.36. The topological polar surface area (TPSA) is 62.5 Å². The number of aromatic nitrogens is 2. The van der Waals surface area contributed by atoms with Crippen LogP contribution in [0.5, 0.6) is 0 Å². The Kier molecular flexibility index (Phi) is 5.65. The van der Waals surface area contributed by atoms with Crippen LogP contribution in [0.25, 0.3) is 11.4 Å². The summed E-state index contributed by atoms with van der Waals surface area (Å²) in [6.07, 6.45) is 0. The summed E-state index contributed by atoms with van der Waals surface area (Å²) in [7, 11) is 0. The van der Waals surface area contributed by atoms with Crippen molar-refractivity contribution in [2.45, 2.75) is 19.9 Å². The van der Waals surface area contributed by atoms with Crippen LogP contribution in [0, 0.1) is 6.92 Å². The van der Waals surface area contributed by atoms with E-state index in [0.29, 0.717) is 35.4 Å². The van der Waals surface area contributed by atoms with Gasteiger partial charge in [0.25, 0.3) is 5.91 Å². The summed E-state index contributed by atoms with van der Waals surface area (Å²) in [6, 6.07) is 15.2. The van der Waals surface area contributed by atoms with Crippen molar-refractivity contribution >= 4 is 17.5 Å². The van der Waals surface area contributed by atoms with Gasteiger partial charge < -0.3 is 9.42 Å². The van der Waals surface area contributed by atoms with Crippen molar-refractivity contribution in [3.05, 3.63) is 70.6 Å². The first kappa shape index (κ1) is 19.6. The second-order valence-corrected chi connectivity index (χ2v) is 7.71. The molecule has 4 rings (SSSR count). The molecule has 29 heavy (non-hydrogen) atoms. The minimum Gasteiger partial charge on any atom is -0.337 e. The number of benzene rings is 2. The van der Waals surface area contributed by atoms with Crippen molar-refractivity contribution in [3.8, 4) is 11.4 Å². The molecule has 2 heterocycles. The SMILES string of the molecule is Cc1ccc(-c2noc([C@H](C)N3CCN(C(=O)c4ccccc4Cl)CC3)n2)cc1. The smallest absolute Gasteiger partial charge is 0.255 e. The second-order valence-electron chi connectivity index (χ2n) is 7.31. The van der Waals surface area contributed by atoms with Crippen molar-refractivity contribution in [1.29, 1.82) is 0 Å². The number of hydrogen-bond acceptors (Lipinski definition) is 5. The summed E-state index contributed by atoms with van der Waals surface area (Å²) in [5.41, 5.74) is 2.68. The first-order valence-electron chi connectivity index (χ1n) is 9.71. The summed E-state index contributed by atoms with van der Waals surface area (Å²) in [6.45, 7) is 6.83. The minimum atomic E-state index is -0.0256. The number of nitrogens with zero attached hydrogens (tertiary/aromatic N) is 4. The Balaban J connectivity index is 1.39. The molecular weight excluding hydrogens is 388 g/mol. The van der Waals surface area contributed by atoms with Crippen molar-refractivity contribution < 1.29 is 9.32 Å². The van der Waals surface area contributed by atoms with Gasteiger partial charge in [0.05, 0.1) is 16.6 Å². The number of piperazine rings is 1. The number of carbonyl (C=O) groups excluding carboxylic acids is 1. The largest absolute Gasteiger partial charge is 0.337 e. The van der Waals surface area contributed by atoms with Crippen LogP contribution in [-0.2, 0) is 0 Å². The van der Waals surface area contributed by atoms with Gasteiger partial charge in [0.15, 0.2) is 0 Å². The monoisotopic (exact) mass is 410 g/mol. The Morgan fingerprint density at radius 1 is 1.07 bits per heavy atom. The Labute approximate surface area is 175 Å². The van der Waals surface area contributed by atoms with Crippen LogP contribution in [-0.4, -0.2) is 52.0 Å². The first-order valence-corrected chi connectivity index (χ1v) is 10.1. The molecule has 2 aromatic carbocycles. The molecule has 7 heteroatoms.